The lowest BCUT2D eigenvalue weighted by Gasteiger charge is -2.04. The van der Waals surface area contributed by atoms with Gasteiger partial charge in [-0.2, -0.15) is 0 Å². The predicted octanol–water partition coefficient (Wildman–Crippen LogP) is 2.28. The number of carbonyl (C=O) groups excluding carboxylic acids is 1. The van der Waals surface area contributed by atoms with Gasteiger partial charge < -0.3 is 11.1 Å². The summed E-state index contributed by atoms with van der Waals surface area (Å²) < 4.78 is 0. The number of nitrogens with one attached hydrogen (secondary N) is 1. The number of allylic oxidation sites excluding steroid dienone is 1. The molecule has 3 N–H and O–H groups in total. The lowest BCUT2D eigenvalue weighted by molar-refractivity contribution is -0.120. The Bertz CT molecular complexity index is 406. The van der Waals surface area contributed by atoms with Crippen molar-refractivity contribution in [1.82, 2.24) is 5.32 Å². The SMILES string of the molecule is CC(C)=CCNC(=O)CCc1cccc(N)c1. The standard InChI is InChI=1S/C14H20N2O/c1-11(2)8-9-16-14(17)7-6-12-4-3-5-13(15)10-12/h3-5,8,10H,6-7,9,15H2,1-2H3,(H,16,17). The molecule has 0 atom stereocenters. The number of amides is 1. The van der Waals surface area contributed by atoms with E-state index in [-0.39, 0.29) is 5.91 Å². The van der Waals surface area contributed by atoms with Gasteiger partial charge in [0, 0.05) is 18.7 Å². The monoisotopic (exact) mass is 232 g/mol. The normalized spacial score (nSPS) is 9.76. The fourth-order valence-electron chi connectivity index (χ4n) is 1.46. The van der Waals surface area contributed by atoms with Gasteiger partial charge in [0.25, 0.3) is 0 Å². The first-order valence-electron chi connectivity index (χ1n) is 5.82. The lowest BCUT2D eigenvalue weighted by atomic mass is 10.1. The molecule has 0 saturated carbocycles. The van der Waals surface area contributed by atoms with Gasteiger partial charge >= 0.3 is 0 Å². The molecule has 0 aliphatic carbocycles. The summed E-state index contributed by atoms with van der Waals surface area (Å²) in [7, 11) is 0. The lowest BCUT2D eigenvalue weighted by Crippen LogP contribution is -2.23. The van der Waals surface area contributed by atoms with Crippen molar-refractivity contribution in [2.75, 3.05) is 12.3 Å². The molecule has 0 radical (unpaired) electrons. The van der Waals surface area contributed by atoms with Crippen molar-refractivity contribution in [3.05, 3.63) is 41.5 Å². The summed E-state index contributed by atoms with van der Waals surface area (Å²) in [6.07, 6.45) is 3.23. The van der Waals surface area contributed by atoms with E-state index in [0.717, 1.165) is 17.7 Å². The Kier molecular flexibility index (Phi) is 5.27. The molecule has 0 unspecified atom stereocenters. The molecule has 17 heavy (non-hydrogen) atoms. The van der Waals surface area contributed by atoms with Gasteiger partial charge in [0.05, 0.1) is 0 Å². The third-order valence-corrected chi connectivity index (χ3v) is 2.40. The van der Waals surface area contributed by atoms with Crippen LogP contribution in [0.3, 0.4) is 0 Å². The second-order valence-electron chi connectivity index (χ2n) is 4.33. The largest absolute Gasteiger partial charge is 0.399 e. The summed E-state index contributed by atoms with van der Waals surface area (Å²) in [5, 5.41) is 2.85. The van der Waals surface area contributed by atoms with E-state index in [4.69, 9.17) is 5.73 Å². The molecule has 0 heterocycles. The molecule has 1 rings (SSSR count). The summed E-state index contributed by atoms with van der Waals surface area (Å²) in [4.78, 5) is 11.5. The quantitative estimate of drug-likeness (QED) is 0.604. The highest BCUT2D eigenvalue weighted by Gasteiger charge is 2.01. The minimum absolute atomic E-state index is 0.0740. The smallest absolute Gasteiger partial charge is 0.220 e. The van der Waals surface area contributed by atoms with Crippen LogP contribution in [0.1, 0.15) is 25.8 Å². The first-order valence-corrected chi connectivity index (χ1v) is 5.82. The van der Waals surface area contributed by atoms with Gasteiger partial charge in [-0.05, 0) is 38.0 Å². The van der Waals surface area contributed by atoms with Crippen LogP contribution >= 0.6 is 0 Å². The van der Waals surface area contributed by atoms with Crippen LogP contribution < -0.4 is 11.1 Å². The van der Waals surface area contributed by atoms with Crippen LogP contribution in [-0.4, -0.2) is 12.5 Å². The maximum atomic E-state index is 11.5. The average molecular weight is 232 g/mol. The van der Waals surface area contributed by atoms with Crippen molar-refractivity contribution in [3.8, 4) is 0 Å². The van der Waals surface area contributed by atoms with Crippen LogP contribution in [0.15, 0.2) is 35.9 Å². The van der Waals surface area contributed by atoms with Crippen LogP contribution in [0.25, 0.3) is 0 Å². The van der Waals surface area contributed by atoms with Crippen LogP contribution in [-0.2, 0) is 11.2 Å². The summed E-state index contributed by atoms with van der Waals surface area (Å²) in [6.45, 7) is 4.63. The van der Waals surface area contributed by atoms with E-state index in [9.17, 15) is 4.79 Å². The molecule has 1 aromatic rings. The maximum Gasteiger partial charge on any atom is 0.220 e. The van der Waals surface area contributed by atoms with E-state index in [2.05, 4.69) is 5.32 Å². The van der Waals surface area contributed by atoms with Gasteiger partial charge in [-0.1, -0.05) is 23.8 Å². The number of benzene rings is 1. The number of nitrogen functional groups attached to an aromatic ring is 1. The van der Waals surface area contributed by atoms with Crippen molar-refractivity contribution in [1.29, 1.82) is 0 Å². The van der Waals surface area contributed by atoms with E-state index in [0.29, 0.717) is 13.0 Å². The van der Waals surface area contributed by atoms with Crippen LogP contribution in [0, 0.1) is 0 Å². The zero-order chi connectivity index (χ0) is 12.7. The number of anilines is 1. The Morgan fingerprint density at radius 1 is 1.41 bits per heavy atom. The molecule has 0 saturated heterocycles. The van der Waals surface area contributed by atoms with E-state index in [1.807, 2.05) is 44.2 Å². The molecule has 3 nitrogen and oxygen atoms in total. The van der Waals surface area contributed by atoms with Crippen molar-refractivity contribution >= 4 is 11.6 Å². The van der Waals surface area contributed by atoms with Crippen molar-refractivity contribution in [3.63, 3.8) is 0 Å². The van der Waals surface area contributed by atoms with Crippen molar-refractivity contribution < 1.29 is 4.79 Å². The fourth-order valence-corrected chi connectivity index (χ4v) is 1.46. The first kappa shape index (κ1) is 13.3. The minimum atomic E-state index is 0.0740. The second kappa shape index (κ2) is 6.74. The predicted molar refractivity (Wildman–Crippen MR) is 71.6 cm³/mol. The van der Waals surface area contributed by atoms with Crippen LogP contribution in [0.4, 0.5) is 5.69 Å². The average Bonchev–Trinajstić information content (AvgIpc) is 2.26. The Morgan fingerprint density at radius 2 is 2.18 bits per heavy atom. The number of hydrogen-bond donors (Lipinski definition) is 2. The Balaban J connectivity index is 2.31. The van der Waals surface area contributed by atoms with Crippen molar-refractivity contribution in [2.24, 2.45) is 0 Å². The van der Waals surface area contributed by atoms with E-state index in [1.165, 1.54) is 5.57 Å². The maximum absolute atomic E-state index is 11.5. The number of aryl methyl sites for hydroxylation is 1. The Labute approximate surface area is 103 Å². The highest BCUT2D eigenvalue weighted by Crippen LogP contribution is 2.08. The topological polar surface area (TPSA) is 55.1 Å². The molecule has 0 aliphatic heterocycles. The van der Waals surface area contributed by atoms with Crippen LogP contribution in [0.2, 0.25) is 0 Å². The van der Waals surface area contributed by atoms with E-state index < -0.39 is 0 Å². The van der Waals surface area contributed by atoms with Gasteiger partial charge in [-0.3, -0.25) is 4.79 Å². The van der Waals surface area contributed by atoms with E-state index >= 15 is 0 Å². The van der Waals surface area contributed by atoms with E-state index in [1.54, 1.807) is 0 Å². The molecule has 0 aliphatic rings. The minimum Gasteiger partial charge on any atom is -0.399 e. The highest BCUT2D eigenvalue weighted by molar-refractivity contribution is 5.76. The van der Waals surface area contributed by atoms with Gasteiger partial charge in [-0.15, -0.1) is 0 Å². The Morgan fingerprint density at radius 3 is 2.82 bits per heavy atom. The molecule has 0 aromatic heterocycles. The molecule has 0 spiro atoms. The van der Waals surface area contributed by atoms with Gasteiger partial charge in [0.2, 0.25) is 5.91 Å². The molecule has 3 heteroatoms. The molecule has 0 fully saturated rings. The number of nitrogens with two attached hydrogens (primary N) is 1. The Hall–Kier alpha value is -1.77. The van der Waals surface area contributed by atoms with Crippen molar-refractivity contribution in [2.45, 2.75) is 26.7 Å². The zero-order valence-electron chi connectivity index (χ0n) is 10.5. The summed E-state index contributed by atoms with van der Waals surface area (Å²) >= 11 is 0. The molecule has 0 bridgehead atoms. The molecular weight excluding hydrogens is 212 g/mol. The highest BCUT2D eigenvalue weighted by atomic mass is 16.1. The molecule has 1 amide bonds. The first-order chi connectivity index (χ1) is 8.08. The van der Waals surface area contributed by atoms with Gasteiger partial charge in [0.1, 0.15) is 0 Å². The van der Waals surface area contributed by atoms with Crippen LogP contribution in [0.5, 0.6) is 0 Å². The van der Waals surface area contributed by atoms with Gasteiger partial charge in [0.15, 0.2) is 0 Å². The molecule has 92 valence electrons. The zero-order valence-corrected chi connectivity index (χ0v) is 10.5. The fraction of sp³-hybridized carbons (Fsp3) is 0.357. The second-order valence-corrected chi connectivity index (χ2v) is 4.33. The number of carbonyl (C=O) groups is 1. The van der Waals surface area contributed by atoms with Gasteiger partial charge in [-0.25, -0.2) is 0 Å². The summed E-state index contributed by atoms with van der Waals surface area (Å²) in [5.41, 5.74) is 8.72. The molecular formula is C14H20N2O. The molecule has 1 aromatic carbocycles. The third-order valence-electron chi connectivity index (χ3n) is 2.40. The summed E-state index contributed by atoms with van der Waals surface area (Å²) in [6, 6.07) is 7.65. The summed E-state index contributed by atoms with van der Waals surface area (Å²) in [5.74, 6) is 0.0740. The number of hydrogen-bond acceptors (Lipinski definition) is 2. The third kappa shape index (κ3) is 5.76. The number of rotatable bonds is 5.